The number of piperidine rings is 1. The van der Waals surface area contributed by atoms with Gasteiger partial charge in [-0.25, -0.2) is 0 Å². The van der Waals surface area contributed by atoms with Crippen LogP contribution >= 0.6 is 0 Å². The number of rotatable bonds is 4. The van der Waals surface area contributed by atoms with Crippen LogP contribution in [0.2, 0.25) is 0 Å². The quantitative estimate of drug-likeness (QED) is 0.781. The molecule has 2 aliphatic carbocycles. The molecule has 4 nitrogen and oxygen atoms in total. The third kappa shape index (κ3) is 1.83. The van der Waals surface area contributed by atoms with Crippen molar-refractivity contribution in [3.63, 3.8) is 0 Å². The van der Waals surface area contributed by atoms with Crippen LogP contribution in [0, 0.1) is 23.2 Å². The lowest BCUT2D eigenvalue weighted by molar-refractivity contribution is -0.143. The number of carbonyl (C=O) groups is 2. The molecule has 1 N–H and O–H groups in total. The molecule has 3 fully saturated rings. The maximum Gasteiger partial charge on any atom is 0.233 e. The molecule has 19 heavy (non-hydrogen) atoms. The van der Waals surface area contributed by atoms with E-state index in [9.17, 15) is 9.59 Å². The Bertz CT molecular complexity index is 394. The van der Waals surface area contributed by atoms with Crippen LogP contribution in [0.1, 0.15) is 39.5 Å². The van der Waals surface area contributed by atoms with Crippen LogP contribution in [0.4, 0.5) is 0 Å². The summed E-state index contributed by atoms with van der Waals surface area (Å²) in [6.07, 6.45) is 4.67. The lowest BCUT2D eigenvalue weighted by atomic mass is 9.98. The van der Waals surface area contributed by atoms with Gasteiger partial charge in [0.2, 0.25) is 11.8 Å². The first-order valence-corrected chi connectivity index (χ1v) is 7.51. The van der Waals surface area contributed by atoms with Crippen LogP contribution in [-0.4, -0.2) is 36.3 Å². The van der Waals surface area contributed by atoms with Gasteiger partial charge in [-0.05, 0) is 37.6 Å². The summed E-state index contributed by atoms with van der Waals surface area (Å²) in [5.74, 6) is 0.737. The standard InChI is InChI=1S/C15H24N2O2/c1-15(2)11-12(15)14(19)17(13(11)18)8-7-9-5-4-6-10(9)16-3/h9-12,16H,4-8H2,1-3H3. The molecule has 3 aliphatic rings. The predicted molar refractivity (Wildman–Crippen MR) is 72.3 cm³/mol. The van der Waals surface area contributed by atoms with E-state index in [-0.39, 0.29) is 29.1 Å². The smallest absolute Gasteiger partial charge is 0.233 e. The van der Waals surface area contributed by atoms with Crippen LogP contribution in [0.25, 0.3) is 0 Å². The van der Waals surface area contributed by atoms with Gasteiger partial charge in [-0.3, -0.25) is 14.5 Å². The van der Waals surface area contributed by atoms with Crippen molar-refractivity contribution in [2.45, 2.75) is 45.6 Å². The SMILES string of the molecule is CNC1CCCC1CCN1C(=O)C2C(C1=O)C2(C)C. The first kappa shape index (κ1) is 13.1. The third-order valence-corrected chi connectivity index (χ3v) is 5.64. The van der Waals surface area contributed by atoms with Crippen LogP contribution in [0.5, 0.6) is 0 Å². The van der Waals surface area contributed by atoms with Gasteiger partial charge in [-0.1, -0.05) is 20.3 Å². The van der Waals surface area contributed by atoms with Crippen molar-refractivity contribution in [3.8, 4) is 0 Å². The maximum absolute atomic E-state index is 12.2. The zero-order valence-electron chi connectivity index (χ0n) is 12.1. The molecule has 0 aromatic heterocycles. The first-order valence-electron chi connectivity index (χ1n) is 7.51. The molecule has 0 aromatic rings. The monoisotopic (exact) mass is 264 g/mol. The highest BCUT2D eigenvalue weighted by Crippen LogP contribution is 2.63. The summed E-state index contributed by atoms with van der Waals surface area (Å²) in [7, 11) is 2.01. The molecule has 4 atom stereocenters. The highest BCUT2D eigenvalue weighted by atomic mass is 16.2. The summed E-state index contributed by atoms with van der Waals surface area (Å²) in [5, 5.41) is 3.35. The Morgan fingerprint density at radius 3 is 2.42 bits per heavy atom. The Labute approximate surface area is 114 Å². The minimum Gasteiger partial charge on any atom is -0.317 e. The van der Waals surface area contributed by atoms with Crippen LogP contribution in [0.3, 0.4) is 0 Å². The van der Waals surface area contributed by atoms with Crippen molar-refractivity contribution in [1.29, 1.82) is 0 Å². The second-order valence-corrected chi connectivity index (χ2v) is 6.98. The summed E-state index contributed by atoms with van der Waals surface area (Å²) in [4.78, 5) is 26.0. The predicted octanol–water partition coefficient (Wildman–Crippen LogP) is 1.41. The number of carbonyl (C=O) groups excluding carboxylic acids is 2. The van der Waals surface area contributed by atoms with E-state index in [1.165, 1.54) is 24.2 Å². The van der Waals surface area contributed by atoms with Gasteiger partial charge in [0.05, 0.1) is 11.8 Å². The lowest BCUT2D eigenvalue weighted by Crippen LogP contribution is -2.39. The van der Waals surface area contributed by atoms with E-state index in [0.29, 0.717) is 18.5 Å². The zero-order chi connectivity index (χ0) is 13.8. The zero-order valence-corrected chi connectivity index (χ0v) is 12.1. The van der Waals surface area contributed by atoms with E-state index in [1.807, 2.05) is 20.9 Å². The van der Waals surface area contributed by atoms with Crippen molar-refractivity contribution >= 4 is 11.8 Å². The molecule has 3 rings (SSSR count). The van der Waals surface area contributed by atoms with Crippen LogP contribution in [-0.2, 0) is 9.59 Å². The normalized spacial score (nSPS) is 39.8. The van der Waals surface area contributed by atoms with Gasteiger partial charge in [0.25, 0.3) is 0 Å². The number of nitrogens with zero attached hydrogens (tertiary/aromatic N) is 1. The van der Waals surface area contributed by atoms with Crippen molar-refractivity contribution in [2.24, 2.45) is 23.2 Å². The Kier molecular flexibility index (Phi) is 2.97. The molecule has 1 heterocycles. The van der Waals surface area contributed by atoms with Gasteiger partial charge in [-0.2, -0.15) is 0 Å². The summed E-state index contributed by atoms with van der Waals surface area (Å²) in [6.45, 7) is 4.69. The van der Waals surface area contributed by atoms with E-state index in [0.717, 1.165) is 6.42 Å². The van der Waals surface area contributed by atoms with E-state index < -0.39 is 0 Å². The summed E-state index contributed by atoms with van der Waals surface area (Å²) in [5.41, 5.74) is -0.0778. The number of fused-ring (bicyclic) bond motifs is 1. The van der Waals surface area contributed by atoms with Crippen LogP contribution < -0.4 is 5.32 Å². The summed E-state index contributed by atoms with van der Waals surface area (Å²) < 4.78 is 0. The fourth-order valence-electron chi connectivity index (χ4n) is 4.28. The minimum atomic E-state index is -0.0778. The molecule has 4 unspecified atom stereocenters. The topological polar surface area (TPSA) is 49.4 Å². The number of hydrogen-bond donors (Lipinski definition) is 1. The summed E-state index contributed by atoms with van der Waals surface area (Å²) >= 11 is 0. The number of amides is 2. The molecular weight excluding hydrogens is 240 g/mol. The molecule has 0 spiro atoms. The average molecular weight is 264 g/mol. The summed E-state index contributed by atoms with van der Waals surface area (Å²) in [6, 6.07) is 0.568. The fourth-order valence-corrected chi connectivity index (χ4v) is 4.28. The van der Waals surface area contributed by atoms with Gasteiger partial charge in [0.1, 0.15) is 0 Å². The highest BCUT2D eigenvalue weighted by molar-refractivity contribution is 6.10. The van der Waals surface area contributed by atoms with Crippen molar-refractivity contribution in [2.75, 3.05) is 13.6 Å². The molecule has 106 valence electrons. The van der Waals surface area contributed by atoms with Gasteiger partial charge in [-0.15, -0.1) is 0 Å². The Morgan fingerprint density at radius 1 is 1.21 bits per heavy atom. The maximum atomic E-state index is 12.2. The number of imide groups is 1. The number of hydrogen-bond acceptors (Lipinski definition) is 3. The molecule has 2 amide bonds. The molecule has 0 aromatic carbocycles. The lowest BCUT2D eigenvalue weighted by Gasteiger charge is -2.24. The number of likely N-dealkylation sites (tertiary alicyclic amines) is 1. The Morgan fingerprint density at radius 2 is 1.84 bits per heavy atom. The van der Waals surface area contributed by atoms with E-state index in [1.54, 1.807) is 0 Å². The van der Waals surface area contributed by atoms with E-state index in [4.69, 9.17) is 0 Å². The minimum absolute atomic E-state index is 0.0244. The van der Waals surface area contributed by atoms with E-state index in [2.05, 4.69) is 5.32 Å². The molecular formula is C15H24N2O2. The fraction of sp³-hybridized carbons (Fsp3) is 0.867. The Hall–Kier alpha value is -0.900. The molecule has 2 saturated carbocycles. The average Bonchev–Trinajstić information content (AvgIpc) is 2.68. The highest BCUT2D eigenvalue weighted by Gasteiger charge is 2.72. The number of nitrogens with one attached hydrogen (secondary N) is 1. The largest absolute Gasteiger partial charge is 0.317 e. The van der Waals surface area contributed by atoms with Crippen molar-refractivity contribution in [1.82, 2.24) is 10.2 Å². The second-order valence-electron chi connectivity index (χ2n) is 6.98. The van der Waals surface area contributed by atoms with Crippen molar-refractivity contribution in [3.05, 3.63) is 0 Å². The second kappa shape index (κ2) is 4.30. The molecule has 1 saturated heterocycles. The van der Waals surface area contributed by atoms with Crippen molar-refractivity contribution < 1.29 is 9.59 Å². The molecule has 0 bridgehead atoms. The Balaban J connectivity index is 1.58. The van der Waals surface area contributed by atoms with E-state index >= 15 is 0 Å². The van der Waals surface area contributed by atoms with Crippen LogP contribution in [0.15, 0.2) is 0 Å². The molecule has 4 heteroatoms. The van der Waals surface area contributed by atoms with Gasteiger partial charge >= 0.3 is 0 Å². The van der Waals surface area contributed by atoms with Gasteiger partial charge < -0.3 is 5.32 Å². The third-order valence-electron chi connectivity index (χ3n) is 5.64. The van der Waals surface area contributed by atoms with Gasteiger partial charge in [0.15, 0.2) is 0 Å². The van der Waals surface area contributed by atoms with Gasteiger partial charge in [0, 0.05) is 12.6 Å². The first-order chi connectivity index (χ1) is 8.98. The molecule has 0 radical (unpaired) electrons. The molecule has 1 aliphatic heterocycles.